The molecule has 7 rings (SSSR count). The van der Waals surface area contributed by atoms with Crippen molar-refractivity contribution in [2.45, 2.75) is 22.6 Å². The third-order valence-corrected chi connectivity index (χ3v) is 11.7. The second-order valence-corrected chi connectivity index (χ2v) is 13.1. The van der Waals surface area contributed by atoms with E-state index in [1.54, 1.807) is 23.1 Å². The molecule has 2 bridgehead atoms. The van der Waals surface area contributed by atoms with Crippen LogP contribution in [0, 0.1) is 29.6 Å². The Hall–Kier alpha value is -1.68. The van der Waals surface area contributed by atoms with Crippen LogP contribution in [-0.2, 0) is 9.59 Å². The zero-order valence-electron chi connectivity index (χ0n) is 16.6. The smallest absolute Gasteiger partial charge is 0.305 e. The first kappa shape index (κ1) is 19.8. The summed E-state index contributed by atoms with van der Waals surface area (Å²) in [5, 5.41) is 3.29. The predicted molar refractivity (Wildman–Crippen MR) is 129 cm³/mol. The molecule has 4 heterocycles. The SMILES string of the molecule is O=C1C2C(C(=O)N1c1ccc(Br)cc1)[C@@H]1C[C@H]2C2Sc3[nH]c(=O)sc3C(c3cccs3)C21. The molecule has 3 aromatic rings. The third kappa shape index (κ3) is 2.53. The highest BCUT2D eigenvalue weighted by molar-refractivity contribution is 9.10. The van der Waals surface area contributed by atoms with Crippen molar-refractivity contribution in [2.75, 3.05) is 4.90 Å². The summed E-state index contributed by atoms with van der Waals surface area (Å²) >= 11 is 8.19. The van der Waals surface area contributed by atoms with Crippen LogP contribution in [0.2, 0.25) is 0 Å². The van der Waals surface area contributed by atoms with Crippen LogP contribution < -0.4 is 9.77 Å². The summed E-state index contributed by atoms with van der Waals surface area (Å²) in [5.74, 6) is 0.125. The summed E-state index contributed by atoms with van der Waals surface area (Å²) in [6, 6.07) is 11.6. The van der Waals surface area contributed by atoms with Crippen LogP contribution in [0.4, 0.5) is 5.69 Å². The number of imide groups is 1. The number of rotatable bonds is 2. The fourth-order valence-corrected chi connectivity index (χ4v) is 10.8. The van der Waals surface area contributed by atoms with E-state index in [1.165, 1.54) is 21.1 Å². The predicted octanol–water partition coefficient (Wildman–Crippen LogP) is 4.94. The van der Waals surface area contributed by atoms with Gasteiger partial charge in [0.15, 0.2) is 0 Å². The van der Waals surface area contributed by atoms with Gasteiger partial charge in [-0.15, -0.1) is 23.1 Å². The summed E-state index contributed by atoms with van der Waals surface area (Å²) in [4.78, 5) is 46.2. The minimum Gasteiger partial charge on any atom is -0.307 e. The van der Waals surface area contributed by atoms with Crippen LogP contribution in [0.3, 0.4) is 0 Å². The summed E-state index contributed by atoms with van der Waals surface area (Å²) < 4.78 is 0.918. The molecule has 3 fully saturated rings. The molecule has 2 aliphatic carbocycles. The van der Waals surface area contributed by atoms with Gasteiger partial charge >= 0.3 is 4.87 Å². The van der Waals surface area contributed by atoms with Crippen LogP contribution in [0.5, 0.6) is 0 Å². The number of thiophene rings is 1. The number of H-pyrrole nitrogens is 1. The van der Waals surface area contributed by atoms with Crippen LogP contribution in [0.1, 0.15) is 22.1 Å². The number of aromatic nitrogens is 1. The van der Waals surface area contributed by atoms with E-state index in [9.17, 15) is 14.4 Å². The highest BCUT2D eigenvalue weighted by Crippen LogP contribution is 2.68. The fraction of sp³-hybridized carbons (Fsp3) is 0.348. The van der Waals surface area contributed by atoms with Crippen LogP contribution >= 0.6 is 50.4 Å². The first-order valence-corrected chi connectivity index (χ1v) is 14.0. The van der Waals surface area contributed by atoms with Gasteiger partial charge in [-0.25, -0.2) is 0 Å². The quantitative estimate of drug-likeness (QED) is 0.464. The zero-order valence-corrected chi connectivity index (χ0v) is 20.6. The van der Waals surface area contributed by atoms with Gasteiger partial charge in [-0.2, -0.15) is 0 Å². The average molecular weight is 546 g/mol. The lowest BCUT2D eigenvalue weighted by Crippen LogP contribution is -2.42. The van der Waals surface area contributed by atoms with Crippen molar-refractivity contribution in [1.29, 1.82) is 0 Å². The second-order valence-electron chi connectivity index (χ2n) is 8.96. The lowest BCUT2D eigenvalue weighted by molar-refractivity contribution is -0.123. The molecule has 2 amide bonds. The molecule has 9 heteroatoms. The number of carbonyl (C=O) groups is 2. The maximum Gasteiger partial charge on any atom is 0.305 e. The average Bonchev–Trinajstić information content (AvgIpc) is 3.57. The highest BCUT2D eigenvalue weighted by Gasteiger charge is 2.69. The standard InChI is InChI=1S/C23H17BrN2O3S3/c24-9-3-5-10(6-4-9)26-21(27)15-11-8-12(16(15)22(26)28)18-14(11)17(13-2-1-7-30-13)19-20(31-18)25-23(29)32-19/h1-7,11-12,14-18H,8H2,(H,25,29)/t11-,12-,14?,15?,16?,17?,18?/m1/s1. The normalized spacial score (nSPS) is 34.7. The monoisotopic (exact) mass is 544 g/mol. The number of thioether (sulfide) groups is 1. The Morgan fingerprint density at radius 1 is 1.00 bits per heavy atom. The minimum atomic E-state index is -0.252. The van der Waals surface area contributed by atoms with Gasteiger partial charge < -0.3 is 4.98 Å². The van der Waals surface area contributed by atoms with Gasteiger partial charge in [0.05, 0.1) is 22.5 Å². The molecule has 2 aromatic heterocycles. The number of nitrogens with one attached hydrogen (secondary N) is 1. The van der Waals surface area contributed by atoms with E-state index in [2.05, 4.69) is 38.4 Å². The molecule has 32 heavy (non-hydrogen) atoms. The number of aromatic amines is 1. The number of carbonyl (C=O) groups excluding carboxylic acids is 2. The summed E-state index contributed by atoms with van der Waals surface area (Å²) in [6.45, 7) is 0. The summed E-state index contributed by atoms with van der Waals surface area (Å²) in [6.07, 6.45) is 0.921. The highest BCUT2D eigenvalue weighted by atomic mass is 79.9. The van der Waals surface area contributed by atoms with Crippen molar-refractivity contribution in [3.63, 3.8) is 0 Å². The molecule has 2 saturated carbocycles. The fourth-order valence-electron chi connectivity index (χ4n) is 6.65. The van der Waals surface area contributed by atoms with Crippen molar-refractivity contribution in [3.05, 3.63) is 65.7 Å². The van der Waals surface area contributed by atoms with Gasteiger partial charge in [0, 0.05) is 25.4 Å². The molecule has 5 nitrogen and oxygen atoms in total. The Kier molecular flexibility index (Phi) is 4.27. The molecule has 1 aromatic carbocycles. The molecule has 162 valence electrons. The van der Waals surface area contributed by atoms with Crippen LogP contribution in [0.25, 0.3) is 0 Å². The molecule has 2 aliphatic heterocycles. The number of hydrogen-bond acceptors (Lipinski definition) is 6. The first-order chi connectivity index (χ1) is 15.5. The molecule has 0 spiro atoms. The van der Waals surface area contributed by atoms with E-state index in [4.69, 9.17) is 0 Å². The lowest BCUT2D eigenvalue weighted by atomic mass is 9.69. The van der Waals surface area contributed by atoms with E-state index >= 15 is 0 Å². The van der Waals surface area contributed by atoms with Gasteiger partial charge in [-0.3, -0.25) is 19.3 Å². The molecular weight excluding hydrogens is 528 g/mol. The molecule has 5 unspecified atom stereocenters. The Balaban J connectivity index is 1.32. The van der Waals surface area contributed by atoms with Gasteiger partial charge in [0.2, 0.25) is 11.8 Å². The van der Waals surface area contributed by atoms with Crippen molar-refractivity contribution in [2.24, 2.45) is 29.6 Å². The number of anilines is 1. The number of benzene rings is 1. The topological polar surface area (TPSA) is 70.2 Å². The summed E-state index contributed by atoms with van der Waals surface area (Å²) in [7, 11) is 0. The maximum atomic E-state index is 13.6. The van der Waals surface area contributed by atoms with Crippen molar-refractivity contribution in [1.82, 2.24) is 4.98 Å². The summed E-state index contributed by atoms with van der Waals surface area (Å²) in [5.41, 5.74) is 0.658. The zero-order chi connectivity index (χ0) is 21.7. The van der Waals surface area contributed by atoms with Crippen LogP contribution in [0.15, 0.2) is 56.1 Å². The Labute approximate surface area is 204 Å². The largest absolute Gasteiger partial charge is 0.307 e. The van der Waals surface area contributed by atoms with E-state index in [0.29, 0.717) is 5.69 Å². The molecular formula is C23H17BrN2O3S3. The second kappa shape index (κ2) is 6.91. The van der Waals surface area contributed by atoms with Crippen LogP contribution in [-0.4, -0.2) is 22.0 Å². The first-order valence-electron chi connectivity index (χ1n) is 10.6. The van der Waals surface area contributed by atoms with Crippen molar-refractivity contribution >= 4 is 67.9 Å². The minimum absolute atomic E-state index is 0.0230. The third-order valence-electron chi connectivity index (χ3n) is 7.66. The molecule has 1 saturated heterocycles. The number of fused-ring (bicyclic) bond motifs is 9. The lowest BCUT2D eigenvalue weighted by Gasteiger charge is -2.42. The van der Waals surface area contributed by atoms with E-state index in [1.807, 2.05) is 24.3 Å². The molecule has 0 radical (unpaired) electrons. The van der Waals surface area contributed by atoms with Crippen molar-refractivity contribution < 1.29 is 9.59 Å². The molecule has 1 N–H and O–H groups in total. The molecule has 4 aliphatic rings. The van der Waals surface area contributed by atoms with Gasteiger partial charge in [0.25, 0.3) is 0 Å². The Bertz CT molecular complexity index is 1310. The van der Waals surface area contributed by atoms with E-state index in [0.717, 1.165) is 20.8 Å². The van der Waals surface area contributed by atoms with Gasteiger partial charge in [0.1, 0.15) is 0 Å². The van der Waals surface area contributed by atoms with E-state index in [-0.39, 0.29) is 57.4 Å². The number of amides is 2. The maximum absolute atomic E-state index is 13.6. The number of nitrogens with zero attached hydrogens (tertiary/aromatic N) is 1. The van der Waals surface area contributed by atoms with E-state index < -0.39 is 0 Å². The number of halogens is 1. The van der Waals surface area contributed by atoms with Gasteiger partial charge in [-0.05, 0) is 59.9 Å². The van der Waals surface area contributed by atoms with Crippen molar-refractivity contribution in [3.8, 4) is 0 Å². The Morgan fingerprint density at radius 3 is 2.47 bits per heavy atom. The molecule has 7 atom stereocenters. The number of hydrogen-bond donors (Lipinski definition) is 1. The Morgan fingerprint density at radius 2 is 1.75 bits per heavy atom. The van der Waals surface area contributed by atoms with Gasteiger partial charge in [-0.1, -0.05) is 33.3 Å². The number of thiazole rings is 1.